The van der Waals surface area contributed by atoms with E-state index in [-0.39, 0.29) is 0 Å². The van der Waals surface area contributed by atoms with Gasteiger partial charge in [0, 0.05) is 0 Å². The lowest BCUT2D eigenvalue weighted by Gasteiger charge is -2.26. The number of primary amides is 1. The molecule has 0 aromatic carbocycles. The van der Waals surface area contributed by atoms with Gasteiger partial charge in [0.1, 0.15) is 11.6 Å². The molecule has 4 N–H and O–H groups in total. The molecule has 2 aliphatic rings. The monoisotopic (exact) mass is 240 g/mol. The summed E-state index contributed by atoms with van der Waals surface area (Å²) >= 11 is 0. The summed E-state index contributed by atoms with van der Waals surface area (Å²) in [4.78, 5) is 22.7. The number of aliphatic hydroxyl groups is 1. The lowest BCUT2D eigenvalue weighted by Crippen LogP contribution is -2.50. The van der Waals surface area contributed by atoms with Crippen molar-refractivity contribution in [1.29, 1.82) is 0 Å². The number of carbonyl (C=O) groups excluding carboxylic acids is 2. The van der Waals surface area contributed by atoms with E-state index in [4.69, 9.17) is 5.73 Å². The van der Waals surface area contributed by atoms with E-state index >= 15 is 0 Å². The third-order valence-corrected chi connectivity index (χ3v) is 3.96. The van der Waals surface area contributed by atoms with Crippen molar-refractivity contribution in [2.24, 2.45) is 11.7 Å². The SMILES string of the molecule is NC(=O)C1(NC(=O)C(O)CCC2CCC2)CC1. The van der Waals surface area contributed by atoms with Crippen molar-refractivity contribution in [2.45, 2.75) is 56.6 Å². The van der Waals surface area contributed by atoms with E-state index in [1.165, 1.54) is 19.3 Å². The minimum absolute atomic E-state index is 0.458. The Kier molecular flexibility index (Phi) is 3.38. The molecule has 1 atom stereocenters. The van der Waals surface area contributed by atoms with Gasteiger partial charge >= 0.3 is 0 Å². The van der Waals surface area contributed by atoms with Crippen LogP contribution < -0.4 is 11.1 Å². The minimum Gasteiger partial charge on any atom is -0.383 e. The maximum atomic E-state index is 11.7. The van der Waals surface area contributed by atoms with Crippen LogP contribution in [-0.2, 0) is 9.59 Å². The van der Waals surface area contributed by atoms with Crippen LogP contribution in [0.1, 0.15) is 44.9 Å². The molecule has 0 spiro atoms. The van der Waals surface area contributed by atoms with Gasteiger partial charge in [-0.25, -0.2) is 0 Å². The average molecular weight is 240 g/mol. The highest BCUT2D eigenvalue weighted by molar-refractivity contribution is 5.94. The van der Waals surface area contributed by atoms with Gasteiger partial charge in [0.25, 0.3) is 0 Å². The van der Waals surface area contributed by atoms with E-state index in [9.17, 15) is 14.7 Å². The van der Waals surface area contributed by atoms with Gasteiger partial charge < -0.3 is 16.2 Å². The summed E-state index contributed by atoms with van der Waals surface area (Å²) < 4.78 is 0. The molecule has 5 heteroatoms. The van der Waals surface area contributed by atoms with Crippen LogP contribution in [0.5, 0.6) is 0 Å². The second-order valence-electron chi connectivity index (χ2n) is 5.33. The number of hydrogen-bond donors (Lipinski definition) is 3. The van der Waals surface area contributed by atoms with E-state index < -0.39 is 23.5 Å². The Labute approximate surface area is 101 Å². The topological polar surface area (TPSA) is 92.4 Å². The molecule has 2 amide bonds. The zero-order valence-electron chi connectivity index (χ0n) is 9.95. The number of nitrogens with two attached hydrogens (primary N) is 1. The van der Waals surface area contributed by atoms with Gasteiger partial charge in [0.05, 0.1) is 0 Å². The average Bonchev–Trinajstić information content (AvgIpc) is 2.96. The van der Waals surface area contributed by atoms with Crippen molar-refractivity contribution >= 4 is 11.8 Å². The number of nitrogens with one attached hydrogen (secondary N) is 1. The molecular weight excluding hydrogens is 220 g/mol. The summed E-state index contributed by atoms with van der Waals surface area (Å²) in [6, 6.07) is 0. The van der Waals surface area contributed by atoms with Crippen molar-refractivity contribution < 1.29 is 14.7 Å². The van der Waals surface area contributed by atoms with Crippen LogP contribution in [0.3, 0.4) is 0 Å². The van der Waals surface area contributed by atoms with Crippen molar-refractivity contribution in [3.8, 4) is 0 Å². The number of hydrogen-bond acceptors (Lipinski definition) is 3. The molecule has 0 radical (unpaired) electrons. The van der Waals surface area contributed by atoms with Gasteiger partial charge in [-0.1, -0.05) is 19.3 Å². The molecule has 5 nitrogen and oxygen atoms in total. The summed E-state index contributed by atoms with van der Waals surface area (Å²) in [6.45, 7) is 0. The molecule has 0 bridgehead atoms. The van der Waals surface area contributed by atoms with Crippen molar-refractivity contribution in [3.05, 3.63) is 0 Å². The zero-order valence-corrected chi connectivity index (χ0v) is 9.95. The van der Waals surface area contributed by atoms with Gasteiger partial charge in [-0.15, -0.1) is 0 Å². The normalized spacial score (nSPS) is 23.6. The van der Waals surface area contributed by atoms with Gasteiger partial charge in [-0.2, -0.15) is 0 Å². The summed E-state index contributed by atoms with van der Waals surface area (Å²) in [7, 11) is 0. The van der Waals surface area contributed by atoms with E-state index in [0.717, 1.165) is 6.42 Å². The van der Waals surface area contributed by atoms with Crippen LogP contribution in [0, 0.1) is 5.92 Å². The van der Waals surface area contributed by atoms with Crippen molar-refractivity contribution in [2.75, 3.05) is 0 Å². The molecule has 0 aromatic heterocycles. The second-order valence-corrected chi connectivity index (χ2v) is 5.33. The summed E-state index contributed by atoms with van der Waals surface area (Å²) in [5.41, 5.74) is 4.33. The van der Waals surface area contributed by atoms with Gasteiger partial charge in [0.15, 0.2) is 0 Å². The fraction of sp³-hybridized carbons (Fsp3) is 0.833. The Morgan fingerprint density at radius 2 is 2.06 bits per heavy atom. The Balaban J connectivity index is 1.73. The fourth-order valence-corrected chi connectivity index (χ4v) is 2.18. The molecule has 96 valence electrons. The van der Waals surface area contributed by atoms with Crippen LogP contribution in [0.25, 0.3) is 0 Å². The van der Waals surface area contributed by atoms with Gasteiger partial charge in [0.2, 0.25) is 11.8 Å². The number of carbonyl (C=O) groups is 2. The standard InChI is InChI=1S/C12H20N2O3/c13-11(17)12(6-7-12)14-10(16)9(15)5-4-8-2-1-3-8/h8-9,15H,1-7H2,(H2,13,17)(H,14,16). The predicted octanol–water partition coefficient (Wildman–Crippen LogP) is 0.0617. The molecule has 0 saturated heterocycles. The molecular formula is C12H20N2O3. The van der Waals surface area contributed by atoms with Crippen LogP contribution >= 0.6 is 0 Å². The summed E-state index contributed by atoms with van der Waals surface area (Å²) in [5.74, 6) is -0.291. The van der Waals surface area contributed by atoms with Gasteiger partial charge in [-0.05, 0) is 31.6 Å². The maximum Gasteiger partial charge on any atom is 0.249 e. The Hall–Kier alpha value is -1.10. The highest BCUT2D eigenvalue weighted by atomic mass is 16.3. The van der Waals surface area contributed by atoms with Crippen LogP contribution in [0.15, 0.2) is 0 Å². The van der Waals surface area contributed by atoms with Crippen LogP contribution in [0.4, 0.5) is 0 Å². The Morgan fingerprint density at radius 3 is 2.47 bits per heavy atom. The van der Waals surface area contributed by atoms with E-state index in [1.54, 1.807) is 0 Å². The maximum absolute atomic E-state index is 11.7. The lowest BCUT2D eigenvalue weighted by atomic mass is 9.81. The van der Waals surface area contributed by atoms with E-state index in [0.29, 0.717) is 25.2 Å². The van der Waals surface area contributed by atoms with E-state index in [1.807, 2.05) is 0 Å². The highest BCUT2D eigenvalue weighted by Crippen LogP contribution is 2.35. The van der Waals surface area contributed by atoms with E-state index in [2.05, 4.69) is 5.32 Å². The number of rotatable bonds is 6. The zero-order chi connectivity index (χ0) is 12.5. The number of aliphatic hydroxyl groups excluding tert-OH is 1. The molecule has 2 aliphatic carbocycles. The Bertz CT molecular complexity index is 322. The third kappa shape index (κ3) is 2.77. The highest BCUT2D eigenvalue weighted by Gasteiger charge is 2.50. The first-order valence-electron chi connectivity index (χ1n) is 6.33. The van der Waals surface area contributed by atoms with Gasteiger partial charge in [-0.3, -0.25) is 9.59 Å². The molecule has 1 unspecified atom stereocenters. The molecule has 2 saturated carbocycles. The largest absolute Gasteiger partial charge is 0.383 e. The molecule has 2 rings (SSSR count). The smallest absolute Gasteiger partial charge is 0.249 e. The first-order valence-corrected chi connectivity index (χ1v) is 6.33. The first kappa shape index (κ1) is 12.4. The molecule has 0 aromatic rings. The third-order valence-electron chi connectivity index (χ3n) is 3.96. The summed E-state index contributed by atoms with van der Waals surface area (Å²) in [6.07, 6.45) is 5.21. The summed E-state index contributed by atoms with van der Waals surface area (Å²) in [5, 5.41) is 12.3. The lowest BCUT2D eigenvalue weighted by molar-refractivity contribution is -0.134. The van der Waals surface area contributed by atoms with Crippen molar-refractivity contribution in [1.82, 2.24) is 5.32 Å². The quantitative estimate of drug-likeness (QED) is 0.613. The van der Waals surface area contributed by atoms with Crippen LogP contribution in [-0.4, -0.2) is 28.6 Å². The predicted molar refractivity (Wildman–Crippen MR) is 61.9 cm³/mol. The molecule has 17 heavy (non-hydrogen) atoms. The molecule has 0 aliphatic heterocycles. The molecule has 2 fully saturated rings. The minimum atomic E-state index is -1.01. The van der Waals surface area contributed by atoms with Crippen LogP contribution in [0.2, 0.25) is 0 Å². The fourth-order valence-electron chi connectivity index (χ4n) is 2.18. The van der Waals surface area contributed by atoms with Crippen molar-refractivity contribution in [3.63, 3.8) is 0 Å². The first-order chi connectivity index (χ1) is 8.03. The molecule has 0 heterocycles. The second kappa shape index (κ2) is 4.64. The number of amides is 2. The Morgan fingerprint density at radius 1 is 1.41 bits per heavy atom.